The van der Waals surface area contributed by atoms with Crippen LogP contribution in [0.2, 0.25) is 0 Å². The molecule has 1 saturated heterocycles. The number of ether oxygens (including phenoxy) is 1. The fourth-order valence-electron chi connectivity index (χ4n) is 3.10. The van der Waals surface area contributed by atoms with Crippen LogP contribution in [0.15, 0.2) is 48.5 Å². The van der Waals surface area contributed by atoms with Gasteiger partial charge in [-0.15, -0.1) is 0 Å². The van der Waals surface area contributed by atoms with Crippen molar-refractivity contribution in [3.05, 3.63) is 69.8 Å². The summed E-state index contributed by atoms with van der Waals surface area (Å²) in [6.45, 7) is 3.25. The van der Waals surface area contributed by atoms with E-state index in [4.69, 9.17) is 10.5 Å². The van der Waals surface area contributed by atoms with E-state index in [1.54, 1.807) is 0 Å². The average Bonchev–Trinajstić information content (AvgIpc) is 2.67. The molecule has 0 bridgehead atoms. The molecule has 27 heavy (non-hydrogen) atoms. The lowest BCUT2D eigenvalue weighted by molar-refractivity contribution is -0.383. The van der Waals surface area contributed by atoms with Gasteiger partial charge in [-0.25, -0.2) is 0 Å². The minimum absolute atomic E-state index is 0.0983. The molecule has 1 aliphatic heterocycles. The number of nitrogens with zero attached hydrogens (tertiary/aromatic N) is 2. The summed E-state index contributed by atoms with van der Waals surface area (Å²) < 4.78 is 5.73. The molecule has 3 N–H and O–H groups in total. The van der Waals surface area contributed by atoms with Gasteiger partial charge in [0.2, 0.25) is 0 Å². The zero-order valence-corrected chi connectivity index (χ0v) is 14.8. The van der Waals surface area contributed by atoms with Crippen LogP contribution in [0.25, 0.3) is 0 Å². The number of carbonyl (C=O) groups excluding carboxylic acids is 1. The maximum absolute atomic E-state index is 12.4. The number of nitro groups is 1. The molecular formula is C19H22N4O4. The minimum Gasteiger partial charge on any atom is -0.393 e. The molecule has 0 aromatic heterocycles. The molecule has 2 aromatic carbocycles. The Morgan fingerprint density at radius 3 is 2.78 bits per heavy atom. The summed E-state index contributed by atoms with van der Waals surface area (Å²) >= 11 is 0. The molecule has 0 saturated carbocycles. The summed E-state index contributed by atoms with van der Waals surface area (Å²) in [6.07, 6.45) is -0.147. The van der Waals surface area contributed by atoms with Gasteiger partial charge in [-0.2, -0.15) is 0 Å². The maximum atomic E-state index is 12.4. The van der Waals surface area contributed by atoms with Crippen molar-refractivity contribution >= 4 is 17.3 Å². The lowest BCUT2D eigenvalue weighted by Crippen LogP contribution is -2.47. The maximum Gasteiger partial charge on any atom is 0.292 e. The van der Waals surface area contributed by atoms with E-state index in [-0.39, 0.29) is 23.0 Å². The van der Waals surface area contributed by atoms with Gasteiger partial charge in [0.15, 0.2) is 0 Å². The molecule has 0 spiro atoms. The third-order valence-corrected chi connectivity index (χ3v) is 4.49. The molecule has 2 aromatic rings. The normalized spacial score (nSPS) is 17.4. The average molecular weight is 370 g/mol. The van der Waals surface area contributed by atoms with E-state index in [0.717, 1.165) is 13.1 Å². The van der Waals surface area contributed by atoms with Crippen LogP contribution in [-0.2, 0) is 11.3 Å². The highest BCUT2D eigenvalue weighted by Crippen LogP contribution is 2.24. The Labute approximate surface area is 157 Å². The monoisotopic (exact) mass is 370 g/mol. The number of morpholine rings is 1. The van der Waals surface area contributed by atoms with Crippen molar-refractivity contribution in [1.82, 2.24) is 10.2 Å². The van der Waals surface area contributed by atoms with Gasteiger partial charge in [0.1, 0.15) is 5.69 Å². The molecule has 8 heteroatoms. The Bertz CT molecular complexity index is 813. The molecule has 0 radical (unpaired) electrons. The van der Waals surface area contributed by atoms with Gasteiger partial charge in [-0.05, 0) is 11.6 Å². The Balaban J connectivity index is 1.56. The van der Waals surface area contributed by atoms with Gasteiger partial charge in [0.05, 0.1) is 23.2 Å². The number of nitro benzene ring substituents is 1. The largest absolute Gasteiger partial charge is 0.393 e. The molecule has 1 atom stereocenters. The van der Waals surface area contributed by atoms with Gasteiger partial charge in [0.25, 0.3) is 11.6 Å². The molecule has 1 heterocycles. The SMILES string of the molecule is Nc1c(C(=O)NCC2CN(Cc3ccccc3)CCO2)cccc1[N+](=O)[O-]. The van der Waals surface area contributed by atoms with Gasteiger partial charge >= 0.3 is 0 Å². The van der Waals surface area contributed by atoms with Gasteiger partial charge in [0, 0.05) is 32.2 Å². The van der Waals surface area contributed by atoms with Crippen LogP contribution < -0.4 is 11.1 Å². The number of carbonyl (C=O) groups is 1. The molecule has 3 rings (SSSR count). The Hall–Kier alpha value is -2.97. The number of hydrogen-bond donors (Lipinski definition) is 2. The van der Waals surface area contributed by atoms with Crippen molar-refractivity contribution in [1.29, 1.82) is 0 Å². The molecule has 1 unspecified atom stereocenters. The summed E-state index contributed by atoms with van der Waals surface area (Å²) in [7, 11) is 0. The Morgan fingerprint density at radius 2 is 2.04 bits per heavy atom. The van der Waals surface area contributed by atoms with Gasteiger partial charge < -0.3 is 15.8 Å². The van der Waals surface area contributed by atoms with Gasteiger partial charge in [-0.1, -0.05) is 36.4 Å². The van der Waals surface area contributed by atoms with Crippen molar-refractivity contribution in [2.24, 2.45) is 0 Å². The third-order valence-electron chi connectivity index (χ3n) is 4.49. The van der Waals surface area contributed by atoms with E-state index >= 15 is 0 Å². The number of para-hydroxylation sites is 1. The number of nitrogens with two attached hydrogens (primary N) is 1. The number of benzene rings is 2. The van der Waals surface area contributed by atoms with E-state index in [1.165, 1.54) is 23.8 Å². The molecular weight excluding hydrogens is 348 g/mol. The molecule has 8 nitrogen and oxygen atoms in total. The zero-order valence-electron chi connectivity index (χ0n) is 14.8. The fourth-order valence-corrected chi connectivity index (χ4v) is 3.10. The summed E-state index contributed by atoms with van der Waals surface area (Å²) in [5.41, 5.74) is 6.68. The number of rotatable bonds is 6. The second kappa shape index (κ2) is 8.61. The van der Waals surface area contributed by atoms with E-state index in [1.807, 2.05) is 18.2 Å². The summed E-state index contributed by atoms with van der Waals surface area (Å²) in [5.74, 6) is -0.444. The zero-order chi connectivity index (χ0) is 19.2. The first-order valence-corrected chi connectivity index (χ1v) is 8.73. The number of amides is 1. The highest BCUT2D eigenvalue weighted by Gasteiger charge is 2.23. The topological polar surface area (TPSA) is 111 Å². The predicted octanol–water partition coefficient (Wildman–Crippen LogP) is 1.81. The van der Waals surface area contributed by atoms with Crippen molar-refractivity contribution in [3.8, 4) is 0 Å². The fraction of sp³-hybridized carbons (Fsp3) is 0.316. The highest BCUT2D eigenvalue weighted by molar-refractivity contribution is 6.00. The van der Waals surface area contributed by atoms with Crippen LogP contribution in [0, 0.1) is 10.1 Å². The first-order chi connectivity index (χ1) is 13.0. The lowest BCUT2D eigenvalue weighted by Gasteiger charge is -2.33. The van der Waals surface area contributed by atoms with Crippen LogP contribution in [-0.4, -0.2) is 48.1 Å². The first-order valence-electron chi connectivity index (χ1n) is 8.73. The quantitative estimate of drug-likeness (QED) is 0.456. The van der Waals surface area contributed by atoms with Crippen LogP contribution in [0.1, 0.15) is 15.9 Å². The number of nitrogens with one attached hydrogen (secondary N) is 1. The van der Waals surface area contributed by atoms with Crippen LogP contribution in [0.5, 0.6) is 0 Å². The predicted molar refractivity (Wildman–Crippen MR) is 101 cm³/mol. The molecule has 1 aliphatic rings. The van der Waals surface area contributed by atoms with Crippen LogP contribution in [0.3, 0.4) is 0 Å². The third kappa shape index (κ3) is 4.81. The van der Waals surface area contributed by atoms with Crippen molar-refractivity contribution in [3.63, 3.8) is 0 Å². The minimum atomic E-state index is -0.599. The summed E-state index contributed by atoms with van der Waals surface area (Å²) in [6, 6.07) is 14.4. The number of hydrogen-bond acceptors (Lipinski definition) is 6. The lowest BCUT2D eigenvalue weighted by atomic mass is 10.1. The summed E-state index contributed by atoms with van der Waals surface area (Å²) in [5, 5.41) is 13.7. The second-order valence-electron chi connectivity index (χ2n) is 6.42. The van der Waals surface area contributed by atoms with Crippen molar-refractivity contribution < 1.29 is 14.5 Å². The van der Waals surface area contributed by atoms with Crippen molar-refractivity contribution in [2.75, 3.05) is 32.0 Å². The van der Waals surface area contributed by atoms with Crippen LogP contribution >= 0.6 is 0 Å². The van der Waals surface area contributed by atoms with E-state index in [2.05, 4.69) is 22.3 Å². The van der Waals surface area contributed by atoms with E-state index in [0.29, 0.717) is 19.7 Å². The molecule has 0 aliphatic carbocycles. The molecule has 142 valence electrons. The Kier molecular flexibility index (Phi) is 6.00. The van der Waals surface area contributed by atoms with Crippen LogP contribution in [0.4, 0.5) is 11.4 Å². The second-order valence-corrected chi connectivity index (χ2v) is 6.42. The molecule has 1 amide bonds. The smallest absolute Gasteiger partial charge is 0.292 e. The number of nitrogen functional groups attached to an aromatic ring is 1. The number of anilines is 1. The first kappa shape index (κ1) is 18.8. The Morgan fingerprint density at radius 1 is 1.26 bits per heavy atom. The summed E-state index contributed by atoms with van der Waals surface area (Å²) in [4.78, 5) is 25.0. The molecule has 1 fully saturated rings. The van der Waals surface area contributed by atoms with E-state index < -0.39 is 10.8 Å². The standard InChI is InChI=1S/C19H22N4O4/c20-18-16(7-4-8-17(18)23(25)26)19(24)21-11-15-13-22(9-10-27-15)12-14-5-2-1-3-6-14/h1-8,15H,9-13,20H2,(H,21,24). The van der Waals surface area contributed by atoms with Gasteiger partial charge in [-0.3, -0.25) is 19.8 Å². The van der Waals surface area contributed by atoms with E-state index in [9.17, 15) is 14.9 Å². The highest BCUT2D eigenvalue weighted by atomic mass is 16.6. The van der Waals surface area contributed by atoms with Crippen molar-refractivity contribution in [2.45, 2.75) is 12.6 Å².